The first-order valence-electron chi connectivity index (χ1n) is 14.0. The Balaban J connectivity index is 2.04. The number of alkyl carbamates (subject to hydrolysis) is 1. The second kappa shape index (κ2) is 12.7. The van der Waals surface area contributed by atoms with Crippen LogP contribution in [0.15, 0.2) is 54.6 Å². The van der Waals surface area contributed by atoms with Gasteiger partial charge >= 0.3 is 6.09 Å². The van der Waals surface area contributed by atoms with Gasteiger partial charge in [0.15, 0.2) is 0 Å². The van der Waals surface area contributed by atoms with Crippen LogP contribution in [0.2, 0.25) is 0 Å². The zero-order valence-corrected chi connectivity index (χ0v) is 24.5. The zero-order chi connectivity index (χ0) is 28.8. The fraction of sp³-hybridized carbons (Fsp3) is 0.531. The van der Waals surface area contributed by atoms with Gasteiger partial charge in [0.2, 0.25) is 11.8 Å². The van der Waals surface area contributed by atoms with Crippen molar-refractivity contribution >= 4 is 17.9 Å². The van der Waals surface area contributed by atoms with Crippen LogP contribution in [0.3, 0.4) is 0 Å². The Morgan fingerprint density at radius 2 is 1.54 bits per heavy atom. The SMILES string of the molecule is CCc1ccc(C(C(=O)NC(C)(C)C)N(C(=O)C(Cc2ccccc2)NC(=O)OC(C)(C)C)C2CCC2)cc1. The zero-order valence-electron chi connectivity index (χ0n) is 24.5. The highest BCUT2D eigenvalue weighted by molar-refractivity contribution is 5.93. The molecule has 0 saturated heterocycles. The summed E-state index contributed by atoms with van der Waals surface area (Å²) in [5.74, 6) is -0.522. The van der Waals surface area contributed by atoms with Crippen molar-refractivity contribution in [1.29, 1.82) is 0 Å². The molecule has 7 heteroatoms. The van der Waals surface area contributed by atoms with Crippen molar-refractivity contribution in [3.63, 3.8) is 0 Å². The molecule has 0 bridgehead atoms. The fourth-order valence-corrected chi connectivity index (χ4v) is 4.67. The van der Waals surface area contributed by atoms with Crippen LogP contribution in [-0.4, -0.2) is 46.0 Å². The highest BCUT2D eigenvalue weighted by Crippen LogP contribution is 2.34. The molecule has 0 heterocycles. The van der Waals surface area contributed by atoms with Crippen LogP contribution < -0.4 is 10.6 Å². The van der Waals surface area contributed by atoms with E-state index < -0.39 is 29.3 Å². The van der Waals surface area contributed by atoms with E-state index in [0.29, 0.717) is 0 Å². The first-order valence-corrected chi connectivity index (χ1v) is 14.0. The lowest BCUT2D eigenvalue weighted by molar-refractivity contribution is -0.148. The van der Waals surface area contributed by atoms with E-state index in [4.69, 9.17) is 4.74 Å². The molecule has 1 aliphatic carbocycles. The smallest absolute Gasteiger partial charge is 0.408 e. The minimum absolute atomic E-state index is 0.0993. The van der Waals surface area contributed by atoms with Crippen molar-refractivity contribution in [2.24, 2.45) is 0 Å². The molecule has 1 saturated carbocycles. The van der Waals surface area contributed by atoms with Crippen LogP contribution in [0, 0.1) is 0 Å². The number of aryl methyl sites for hydroxylation is 1. The van der Waals surface area contributed by atoms with Gasteiger partial charge < -0.3 is 20.3 Å². The summed E-state index contributed by atoms with van der Waals surface area (Å²) in [4.78, 5) is 43.0. The summed E-state index contributed by atoms with van der Waals surface area (Å²) in [5, 5.41) is 5.93. The van der Waals surface area contributed by atoms with E-state index in [1.807, 2.05) is 75.4 Å². The second-order valence-corrected chi connectivity index (χ2v) is 12.5. The summed E-state index contributed by atoms with van der Waals surface area (Å²) in [6.07, 6.45) is 3.10. The molecule has 39 heavy (non-hydrogen) atoms. The van der Waals surface area contributed by atoms with E-state index in [1.165, 1.54) is 0 Å². The average molecular weight is 536 g/mol. The molecule has 1 aliphatic rings. The Bertz CT molecular complexity index is 1110. The molecule has 0 spiro atoms. The molecule has 3 rings (SSSR count). The van der Waals surface area contributed by atoms with Crippen LogP contribution in [-0.2, 0) is 27.2 Å². The van der Waals surface area contributed by atoms with Crippen LogP contribution in [0.4, 0.5) is 4.79 Å². The highest BCUT2D eigenvalue weighted by atomic mass is 16.6. The van der Waals surface area contributed by atoms with E-state index >= 15 is 0 Å². The van der Waals surface area contributed by atoms with Gasteiger partial charge in [0.1, 0.15) is 17.7 Å². The molecule has 2 N–H and O–H groups in total. The summed E-state index contributed by atoms with van der Waals surface area (Å²) >= 11 is 0. The van der Waals surface area contributed by atoms with Crippen LogP contribution in [0.5, 0.6) is 0 Å². The van der Waals surface area contributed by atoms with Gasteiger partial charge in [-0.25, -0.2) is 4.79 Å². The Kier molecular flexibility index (Phi) is 9.81. The van der Waals surface area contributed by atoms with Crippen molar-refractivity contribution < 1.29 is 19.1 Å². The molecule has 3 amide bonds. The second-order valence-electron chi connectivity index (χ2n) is 12.5. The quantitative estimate of drug-likeness (QED) is 0.430. The molecule has 2 unspecified atom stereocenters. The number of ether oxygens (including phenoxy) is 1. The first-order chi connectivity index (χ1) is 18.3. The van der Waals surface area contributed by atoms with Gasteiger partial charge in [0.25, 0.3) is 0 Å². The maximum absolute atomic E-state index is 14.5. The van der Waals surface area contributed by atoms with E-state index in [-0.39, 0.29) is 24.3 Å². The van der Waals surface area contributed by atoms with E-state index in [1.54, 1.807) is 25.7 Å². The molecular weight excluding hydrogens is 490 g/mol. The van der Waals surface area contributed by atoms with Gasteiger partial charge in [0, 0.05) is 18.0 Å². The van der Waals surface area contributed by atoms with Crippen LogP contribution in [0.1, 0.15) is 90.5 Å². The minimum Gasteiger partial charge on any atom is -0.444 e. The Hall–Kier alpha value is -3.35. The summed E-state index contributed by atoms with van der Waals surface area (Å²) in [6.45, 7) is 13.2. The third-order valence-corrected chi connectivity index (χ3v) is 6.72. The normalized spacial score (nSPS) is 15.5. The van der Waals surface area contributed by atoms with Gasteiger partial charge in [-0.05, 0) is 83.9 Å². The number of benzene rings is 2. The first kappa shape index (κ1) is 30.2. The summed E-state index contributed by atoms with van der Waals surface area (Å²) < 4.78 is 5.52. The number of nitrogens with zero attached hydrogens (tertiary/aromatic N) is 1. The molecule has 212 valence electrons. The average Bonchev–Trinajstić information content (AvgIpc) is 2.80. The lowest BCUT2D eigenvalue weighted by Gasteiger charge is -2.44. The number of rotatable bonds is 9. The minimum atomic E-state index is -0.900. The number of hydrogen-bond acceptors (Lipinski definition) is 4. The summed E-state index contributed by atoms with van der Waals surface area (Å²) in [5.41, 5.74) is 1.62. The van der Waals surface area contributed by atoms with Crippen LogP contribution >= 0.6 is 0 Å². The number of carbonyl (C=O) groups excluding carboxylic acids is 3. The fourth-order valence-electron chi connectivity index (χ4n) is 4.67. The summed E-state index contributed by atoms with van der Waals surface area (Å²) in [6, 6.07) is 15.7. The number of carbonyl (C=O) groups is 3. The number of nitrogens with one attached hydrogen (secondary N) is 2. The molecule has 1 fully saturated rings. The Morgan fingerprint density at radius 1 is 0.923 bits per heavy atom. The lowest BCUT2D eigenvalue weighted by atomic mass is 9.87. The largest absolute Gasteiger partial charge is 0.444 e. The van der Waals surface area contributed by atoms with Gasteiger partial charge in [-0.2, -0.15) is 0 Å². The predicted octanol–water partition coefficient (Wildman–Crippen LogP) is 5.72. The highest BCUT2D eigenvalue weighted by Gasteiger charge is 2.42. The molecule has 2 atom stereocenters. The topological polar surface area (TPSA) is 87.7 Å². The van der Waals surface area contributed by atoms with Gasteiger partial charge in [-0.1, -0.05) is 61.5 Å². The third kappa shape index (κ3) is 8.84. The number of hydrogen-bond donors (Lipinski definition) is 2. The molecule has 0 aliphatic heterocycles. The maximum Gasteiger partial charge on any atom is 0.408 e. The number of amides is 3. The van der Waals surface area contributed by atoms with Crippen molar-refractivity contribution in [1.82, 2.24) is 15.5 Å². The van der Waals surface area contributed by atoms with E-state index in [2.05, 4.69) is 17.6 Å². The van der Waals surface area contributed by atoms with Crippen molar-refractivity contribution in [3.8, 4) is 0 Å². The van der Waals surface area contributed by atoms with E-state index in [0.717, 1.165) is 42.4 Å². The molecular formula is C32H45N3O4. The lowest BCUT2D eigenvalue weighted by Crippen LogP contribution is -2.59. The van der Waals surface area contributed by atoms with Gasteiger partial charge in [-0.3, -0.25) is 9.59 Å². The van der Waals surface area contributed by atoms with E-state index in [9.17, 15) is 14.4 Å². The molecule has 0 radical (unpaired) electrons. The van der Waals surface area contributed by atoms with Gasteiger partial charge in [0.05, 0.1) is 0 Å². The Labute approximate surface area is 233 Å². The van der Waals surface area contributed by atoms with Crippen molar-refractivity contribution in [2.45, 2.75) is 110 Å². The maximum atomic E-state index is 14.5. The molecule has 2 aromatic rings. The predicted molar refractivity (Wildman–Crippen MR) is 154 cm³/mol. The standard InChI is InChI=1S/C32H45N3O4/c1-8-22-17-19-24(20-18-22)27(28(36)34-31(2,3)4)35(25-15-12-16-25)29(37)26(21-23-13-10-9-11-14-23)33-30(38)39-32(5,6)7/h9-11,13-14,17-20,25-27H,8,12,15-16,21H2,1-7H3,(H,33,38)(H,34,36). The molecule has 2 aromatic carbocycles. The monoisotopic (exact) mass is 535 g/mol. The van der Waals surface area contributed by atoms with Crippen LogP contribution in [0.25, 0.3) is 0 Å². The third-order valence-electron chi connectivity index (χ3n) is 6.72. The van der Waals surface area contributed by atoms with Crippen molar-refractivity contribution in [3.05, 3.63) is 71.3 Å². The Morgan fingerprint density at radius 3 is 2.03 bits per heavy atom. The van der Waals surface area contributed by atoms with Gasteiger partial charge in [-0.15, -0.1) is 0 Å². The molecule has 7 nitrogen and oxygen atoms in total. The van der Waals surface area contributed by atoms with Crippen molar-refractivity contribution in [2.75, 3.05) is 0 Å². The molecule has 0 aromatic heterocycles. The summed E-state index contributed by atoms with van der Waals surface area (Å²) in [7, 11) is 0.